The number of anilines is 1. The van der Waals surface area contributed by atoms with Crippen molar-refractivity contribution in [3.8, 4) is 0 Å². The molecule has 0 aliphatic heterocycles. The number of rotatable bonds is 6. The molecule has 1 amide bonds. The lowest BCUT2D eigenvalue weighted by Crippen LogP contribution is -2.37. The van der Waals surface area contributed by atoms with Crippen LogP contribution in [0.3, 0.4) is 0 Å². The second kappa shape index (κ2) is 7.08. The number of halogens is 2. The van der Waals surface area contributed by atoms with Crippen LogP contribution in [0.25, 0.3) is 10.9 Å². The van der Waals surface area contributed by atoms with E-state index in [0.29, 0.717) is 24.4 Å². The van der Waals surface area contributed by atoms with Crippen LogP contribution in [0.15, 0.2) is 18.5 Å². The maximum absolute atomic E-state index is 13.4. The van der Waals surface area contributed by atoms with Gasteiger partial charge in [0.2, 0.25) is 5.91 Å². The Kier molecular flexibility index (Phi) is 5.16. The Bertz CT molecular complexity index is 681. The van der Waals surface area contributed by atoms with Crippen molar-refractivity contribution in [1.29, 1.82) is 0 Å². The van der Waals surface area contributed by atoms with Gasteiger partial charge in [0.1, 0.15) is 12.1 Å². The topological polar surface area (TPSA) is 67.3 Å². The van der Waals surface area contributed by atoms with E-state index in [-0.39, 0.29) is 18.0 Å². The van der Waals surface area contributed by atoms with E-state index in [1.807, 2.05) is 0 Å². The number of carbonyl (C=O) groups is 1. The van der Waals surface area contributed by atoms with Gasteiger partial charge in [-0.15, -0.1) is 0 Å². The number of hydrogen-bond acceptors (Lipinski definition) is 5. The molecule has 0 aliphatic carbocycles. The lowest BCUT2D eigenvalue weighted by atomic mass is 10.2. The smallest absolute Gasteiger partial charge is 0.239 e. The van der Waals surface area contributed by atoms with Crippen LogP contribution >= 0.6 is 0 Å². The van der Waals surface area contributed by atoms with Gasteiger partial charge in [0.15, 0.2) is 11.6 Å². The SMILES string of the molecule is COCCNC(=O)CN(C)c1ncnc2cc(F)c(F)cc12. The van der Waals surface area contributed by atoms with E-state index in [1.54, 1.807) is 19.1 Å². The fourth-order valence-corrected chi connectivity index (χ4v) is 1.98. The minimum Gasteiger partial charge on any atom is -0.383 e. The summed E-state index contributed by atoms with van der Waals surface area (Å²) in [6.07, 6.45) is 1.24. The molecule has 0 unspecified atom stereocenters. The largest absolute Gasteiger partial charge is 0.383 e. The summed E-state index contributed by atoms with van der Waals surface area (Å²) in [7, 11) is 3.18. The normalized spacial score (nSPS) is 10.7. The van der Waals surface area contributed by atoms with E-state index in [4.69, 9.17) is 4.74 Å². The summed E-state index contributed by atoms with van der Waals surface area (Å²) < 4.78 is 31.5. The Hall–Kier alpha value is -2.35. The predicted molar refractivity (Wildman–Crippen MR) is 77.6 cm³/mol. The molecule has 0 fully saturated rings. The first-order valence-corrected chi connectivity index (χ1v) is 6.59. The van der Waals surface area contributed by atoms with Gasteiger partial charge in [-0.1, -0.05) is 0 Å². The lowest BCUT2D eigenvalue weighted by Gasteiger charge is -2.19. The molecule has 22 heavy (non-hydrogen) atoms. The van der Waals surface area contributed by atoms with Crippen LogP contribution in [-0.4, -0.2) is 49.7 Å². The van der Waals surface area contributed by atoms with Crippen LogP contribution < -0.4 is 10.2 Å². The van der Waals surface area contributed by atoms with Gasteiger partial charge >= 0.3 is 0 Å². The van der Waals surface area contributed by atoms with Gasteiger partial charge in [-0.3, -0.25) is 4.79 Å². The molecule has 1 aromatic carbocycles. The Morgan fingerprint density at radius 3 is 2.77 bits per heavy atom. The molecule has 8 heteroatoms. The third-order valence-electron chi connectivity index (χ3n) is 3.03. The van der Waals surface area contributed by atoms with Gasteiger partial charge < -0.3 is 15.0 Å². The number of methoxy groups -OCH3 is 1. The molecule has 1 N–H and O–H groups in total. The summed E-state index contributed by atoms with van der Waals surface area (Å²) >= 11 is 0. The standard InChI is InChI=1S/C14H16F2N4O2/c1-20(7-13(21)17-3-4-22-2)14-9-5-10(15)11(16)6-12(9)18-8-19-14/h5-6,8H,3-4,7H2,1-2H3,(H,17,21). The molecular weight excluding hydrogens is 294 g/mol. The minimum atomic E-state index is -0.985. The highest BCUT2D eigenvalue weighted by Crippen LogP contribution is 2.24. The van der Waals surface area contributed by atoms with E-state index in [0.717, 1.165) is 12.1 Å². The third kappa shape index (κ3) is 3.64. The van der Waals surface area contributed by atoms with Gasteiger partial charge in [-0.2, -0.15) is 0 Å². The first-order valence-electron chi connectivity index (χ1n) is 6.59. The van der Waals surface area contributed by atoms with E-state index < -0.39 is 11.6 Å². The average molecular weight is 310 g/mol. The molecule has 6 nitrogen and oxygen atoms in total. The van der Waals surface area contributed by atoms with Crippen molar-refractivity contribution in [3.05, 3.63) is 30.1 Å². The number of hydrogen-bond donors (Lipinski definition) is 1. The highest BCUT2D eigenvalue weighted by Gasteiger charge is 2.14. The molecule has 2 aromatic rings. The zero-order valence-corrected chi connectivity index (χ0v) is 12.3. The fraction of sp³-hybridized carbons (Fsp3) is 0.357. The van der Waals surface area contributed by atoms with Gasteiger partial charge in [0.25, 0.3) is 0 Å². The molecule has 0 radical (unpaired) electrons. The van der Waals surface area contributed by atoms with Crippen LogP contribution in [0, 0.1) is 11.6 Å². The number of fused-ring (bicyclic) bond motifs is 1. The number of ether oxygens (including phenoxy) is 1. The number of amides is 1. The maximum Gasteiger partial charge on any atom is 0.239 e. The van der Waals surface area contributed by atoms with Crippen molar-refractivity contribution in [2.45, 2.75) is 0 Å². The number of likely N-dealkylation sites (N-methyl/N-ethyl adjacent to an activating group) is 1. The fourth-order valence-electron chi connectivity index (χ4n) is 1.98. The summed E-state index contributed by atoms with van der Waals surface area (Å²) in [6.45, 7) is 0.832. The van der Waals surface area contributed by atoms with E-state index in [1.165, 1.54) is 6.33 Å². The van der Waals surface area contributed by atoms with Crippen LogP contribution in [0.1, 0.15) is 0 Å². The van der Waals surface area contributed by atoms with Gasteiger partial charge in [-0.05, 0) is 6.07 Å². The van der Waals surface area contributed by atoms with Crippen LogP contribution in [0.4, 0.5) is 14.6 Å². The Morgan fingerprint density at radius 2 is 2.05 bits per heavy atom. The van der Waals surface area contributed by atoms with Crippen LogP contribution in [0.5, 0.6) is 0 Å². The Balaban J connectivity index is 2.19. The molecular formula is C14H16F2N4O2. The molecule has 0 saturated heterocycles. The highest BCUT2D eigenvalue weighted by atomic mass is 19.2. The first-order chi connectivity index (χ1) is 10.5. The summed E-state index contributed by atoms with van der Waals surface area (Å²) in [5, 5.41) is 3.01. The van der Waals surface area contributed by atoms with Crippen LogP contribution in [0.2, 0.25) is 0 Å². The lowest BCUT2D eigenvalue weighted by molar-refractivity contribution is -0.119. The van der Waals surface area contributed by atoms with Gasteiger partial charge in [0, 0.05) is 32.2 Å². The Labute approximate surface area is 126 Å². The minimum absolute atomic E-state index is 0.0226. The number of nitrogens with zero attached hydrogens (tertiary/aromatic N) is 3. The van der Waals surface area contributed by atoms with Crippen LogP contribution in [-0.2, 0) is 9.53 Å². The second-order valence-electron chi connectivity index (χ2n) is 4.68. The van der Waals surface area contributed by atoms with Gasteiger partial charge in [0.05, 0.1) is 18.7 Å². The molecule has 118 valence electrons. The second-order valence-corrected chi connectivity index (χ2v) is 4.68. The van der Waals surface area contributed by atoms with Crippen molar-refractivity contribution in [1.82, 2.24) is 15.3 Å². The first kappa shape index (κ1) is 16.0. The van der Waals surface area contributed by atoms with Crippen molar-refractivity contribution < 1.29 is 18.3 Å². The quantitative estimate of drug-likeness (QED) is 0.810. The number of nitrogens with one attached hydrogen (secondary N) is 1. The number of aromatic nitrogens is 2. The third-order valence-corrected chi connectivity index (χ3v) is 3.03. The average Bonchev–Trinajstić information content (AvgIpc) is 2.48. The zero-order chi connectivity index (χ0) is 16.1. The molecule has 0 bridgehead atoms. The Morgan fingerprint density at radius 1 is 1.32 bits per heavy atom. The summed E-state index contributed by atoms with van der Waals surface area (Å²) in [5.74, 6) is -1.83. The van der Waals surface area contributed by atoms with Crippen molar-refractivity contribution in [2.75, 3.05) is 38.8 Å². The van der Waals surface area contributed by atoms with Crippen molar-refractivity contribution in [2.24, 2.45) is 0 Å². The van der Waals surface area contributed by atoms with Crippen molar-refractivity contribution in [3.63, 3.8) is 0 Å². The maximum atomic E-state index is 13.4. The van der Waals surface area contributed by atoms with Gasteiger partial charge in [-0.25, -0.2) is 18.7 Å². The highest BCUT2D eigenvalue weighted by molar-refractivity contribution is 5.91. The number of benzene rings is 1. The summed E-state index contributed by atoms with van der Waals surface area (Å²) in [5.41, 5.74) is 0.274. The molecule has 0 atom stereocenters. The zero-order valence-electron chi connectivity index (χ0n) is 12.3. The summed E-state index contributed by atoms with van der Waals surface area (Å²) in [6, 6.07) is 2.03. The molecule has 0 saturated carbocycles. The summed E-state index contributed by atoms with van der Waals surface area (Å²) in [4.78, 5) is 21.3. The number of carbonyl (C=O) groups excluding carboxylic acids is 1. The molecule has 0 spiro atoms. The molecule has 2 rings (SSSR count). The van der Waals surface area contributed by atoms with E-state index in [2.05, 4.69) is 15.3 Å². The van der Waals surface area contributed by atoms with E-state index >= 15 is 0 Å². The van der Waals surface area contributed by atoms with Crippen molar-refractivity contribution >= 4 is 22.6 Å². The molecule has 0 aliphatic rings. The monoisotopic (exact) mass is 310 g/mol. The molecule has 1 aromatic heterocycles. The van der Waals surface area contributed by atoms with E-state index in [9.17, 15) is 13.6 Å². The molecule has 1 heterocycles. The predicted octanol–water partition coefficient (Wildman–Crippen LogP) is 1.11.